The Morgan fingerprint density at radius 2 is 1.05 bits per heavy atom. The minimum atomic E-state index is -0.587. The lowest BCUT2D eigenvalue weighted by Gasteiger charge is -2.48. The van der Waals surface area contributed by atoms with E-state index in [1.54, 1.807) is 0 Å². The predicted molar refractivity (Wildman–Crippen MR) is 80.8 cm³/mol. The summed E-state index contributed by atoms with van der Waals surface area (Å²) in [6.45, 7) is 4.55. The molecule has 2 heterocycles. The van der Waals surface area contributed by atoms with Crippen LogP contribution in [0.1, 0.15) is 65.2 Å². The van der Waals surface area contributed by atoms with Crippen molar-refractivity contribution in [2.75, 3.05) is 0 Å². The third-order valence-corrected chi connectivity index (χ3v) is 7.45. The fourth-order valence-corrected chi connectivity index (χ4v) is 6.18. The predicted octanol–water partition coefficient (Wildman–Crippen LogP) is 2.88. The maximum absolute atomic E-state index is 11.3. The maximum atomic E-state index is 11.3. The molecule has 4 fully saturated rings. The van der Waals surface area contributed by atoms with Crippen molar-refractivity contribution in [2.45, 2.75) is 88.6 Å². The first-order valence-electron chi connectivity index (χ1n) is 9.06. The van der Waals surface area contributed by atoms with Gasteiger partial charge in [0.2, 0.25) is 0 Å². The molecular formula is C18H30O3. The van der Waals surface area contributed by atoms with E-state index < -0.39 is 11.2 Å². The third kappa shape index (κ3) is 1.90. The third-order valence-electron chi connectivity index (χ3n) is 7.45. The molecule has 2 aliphatic carbocycles. The molecule has 0 amide bonds. The van der Waals surface area contributed by atoms with E-state index in [0.717, 1.165) is 51.4 Å². The number of hydrogen-bond acceptors (Lipinski definition) is 3. The summed E-state index contributed by atoms with van der Waals surface area (Å²) in [6, 6.07) is 0. The van der Waals surface area contributed by atoms with Gasteiger partial charge in [0, 0.05) is 11.8 Å². The Morgan fingerprint density at radius 1 is 0.714 bits per heavy atom. The van der Waals surface area contributed by atoms with Crippen molar-refractivity contribution < 1.29 is 14.9 Å². The van der Waals surface area contributed by atoms with Gasteiger partial charge in [-0.15, -0.1) is 0 Å². The highest BCUT2D eigenvalue weighted by atomic mass is 16.5. The van der Waals surface area contributed by atoms with Crippen LogP contribution in [0.2, 0.25) is 0 Å². The summed E-state index contributed by atoms with van der Waals surface area (Å²) in [5.74, 6) is 1.32. The summed E-state index contributed by atoms with van der Waals surface area (Å²) in [7, 11) is 0. The Balaban J connectivity index is 1.72. The smallest absolute Gasteiger partial charge is 0.0705 e. The quantitative estimate of drug-likeness (QED) is 0.823. The van der Waals surface area contributed by atoms with E-state index in [9.17, 15) is 10.2 Å². The van der Waals surface area contributed by atoms with Gasteiger partial charge < -0.3 is 14.9 Å². The summed E-state index contributed by atoms with van der Waals surface area (Å²) in [5, 5.41) is 22.5. The first-order chi connectivity index (χ1) is 9.96. The van der Waals surface area contributed by atoms with E-state index in [-0.39, 0.29) is 24.0 Å². The van der Waals surface area contributed by atoms with Crippen LogP contribution in [0.3, 0.4) is 0 Å². The van der Waals surface area contributed by atoms with Crippen LogP contribution in [0.15, 0.2) is 0 Å². The second kappa shape index (κ2) is 4.69. The zero-order valence-electron chi connectivity index (χ0n) is 13.4. The van der Waals surface area contributed by atoms with Gasteiger partial charge in [-0.05, 0) is 37.5 Å². The first-order valence-corrected chi connectivity index (χ1v) is 9.06. The lowest BCUT2D eigenvalue weighted by molar-refractivity contribution is -0.122. The van der Waals surface area contributed by atoms with Crippen molar-refractivity contribution in [3.05, 3.63) is 0 Å². The first kappa shape index (κ1) is 14.5. The molecule has 2 N–H and O–H groups in total. The van der Waals surface area contributed by atoms with Crippen LogP contribution in [0, 0.1) is 23.7 Å². The molecule has 4 aliphatic rings. The van der Waals surface area contributed by atoms with E-state index >= 15 is 0 Å². The van der Waals surface area contributed by atoms with Crippen molar-refractivity contribution in [3.8, 4) is 0 Å². The lowest BCUT2D eigenvalue weighted by Crippen LogP contribution is -2.56. The van der Waals surface area contributed by atoms with Crippen molar-refractivity contribution in [1.82, 2.24) is 0 Å². The fraction of sp³-hybridized carbons (Fsp3) is 1.00. The Hall–Kier alpha value is -0.120. The van der Waals surface area contributed by atoms with Gasteiger partial charge in [-0.3, -0.25) is 0 Å². The minimum Gasteiger partial charge on any atom is -0.389 e. The molecule has 6 atom stereocenters. The molecule has 0 aromatic carbocycles. The molecule has 2 saturated carbocycles. The van der Waals surface area contributed by atoms with Gasteiger partial charge in [0.05, 0.1) is 23.4 Å². The molecule has 120 valence electrons. The van der Waals surface area contributed by atoms with E-state index in [0.29, 0.717) is 11.8 Å². The Bertz CT molecular complexity index is 371. The second-order valence-electron chi connectivity index (χ2n) is 8.46. The second-order valence-corrected chi connectivity index (χ2v) is 8.46. The number of aliphatic hydroxyl groups is 2. The van der Waals surface area contributed by atoms with Crippen LogP contribution >= 0.6 is 0 Å². The van der Waals surface area contributed by atoms with Gasteiger partial charge >= 0.3 is 0 Å². The molecule has 3 heteroatoms. The monoisotopic (exact) mass is 294 g/mol. The average molecular weight is 294 g/mol. The summed E-state index contributed by atoms with van der Waals surface area (Å²) >= 11 is 0. The highest BCUT2D eigenvalue weighted by Gasteiger charge is 2.67. The van der Waals surface area contributed by atoms with Crippen LogP contribution in [-0.2, 0) is 4.74 Å². The molecule has 0 aromatic heterocycles. The molecule has 0 spiro atoms. The molecular weight excluding hydrogens is 264 g/mol. The SMILES string of the molecule is CC1C(C)C2OC1C(C1(O)CCCC1)C2C1(O)CCCC1. The molecule has 2 aliphatic heterocycles. The summed E-state index contributed by atoms with van der Waals surface area (Å²) in [6.07, 6.45) is 8.41. The van der Waals surface area contributed by atoms with Gasteiger partial charge in [-0.25, -0.2) is 0 Å². The number of rotatable bonds is 2. The highest BCUT2D eigenvalue weighted by molar-refractivity contribution is 5.15. The van der Waals surface area contributed by atoms with Crippen LogP contribution in [-0.4, -0.2) is 33.6 Å². The minimum absolute atomic E-state index is 0.152. The molecule has 4 rings (SSSR count). The van der Waals surface area contributed by atoms with Crippen molar-refractivity contribution in [3.63, 3.8) is 0 Å². The highest BCUT2D eigenvalue weighted by Crippen LogP contribution is 2.61. The van der Waals surface area contributed by atoms with E-state index in [4.69, 9.17) is 4.74 Å². The number of hydrogen-bond donors (Lipinski definition) is 2. The average Bonchev–Trinajstić information content (AvgIpc) is 3.17. The van der Waals surface area contributed by atoms with Crippen LogP contribution in [0.25, 0.3) is 0 Å². The van der Waals surface area contributed by atoms with Crippen molar-refractivity contribution >= 4 is 0 Å². The molecule has 6 unspecified atom stereocenters. The molecule has 3 nitrogen and oxygen atoms in total. The Kier molecular flexibility index (Phi) is 3.23. The molecule has 0 aromatic rings. The summed E-state index contributed by atoms with van der Waals surface area (Å²) in [5.41, 5.74) is -1.17. The van der Waals surface area contributed by atoms with E-state index in [1.807, 2.05) is 0 Å². The van der Waals surface area contributed by atoms with Crippen LogP contribution < -0.4 is 0 Å². The standard InChI is InChI=1S/C18H30O3/c1-11-12(2)16-14(18(20)9-5-6-10-18)13(15(11)21-16)17(19)7-3-4-8-17/h11-16,19-20H,3-10H2,1-2H3. The van der Waals surface area contributed by atoms with Gasteiger partial charge in [0.25, 0.3) is 0 Å². The maximum Gasteiger partial charge on any atom is 0.0705 e. The van der Waals surface area contributed by atoms with E-state index in [1.165, 1.54) is 0 Å². The molecule has 0 radical (unpaired) electrons. The molecule has 21 heavy (non-hydrogen) atoms. The van der Waals surface area contributed by atoms with Gasteiger partial charge in [0.15, 0.2) is 0 Å². The fourth-order valence-electron chi connectivity index (χ4n) is 6.18. The zero-order valence-corrected chi connectivity index (χ0v) is 13.4. The lowest BCUT2D eigenvalue weighted by atomic mass is 9.58. The Morgan fingerprint density at radius 3 is 1.38 bits per heavy atom. The Labute approximate surface area is 128 Å². The van der Waals surface area contributed by atoms with Crippen molar-refractivity contribution in [2.24, 2.45) is 23.7 Å². The van der Waals surface area contributed by atoms with Crippen LogP contribution in [0.4, 0.5) is 0 Å². The topological polar surface area (TPSA) is 49.7 Å². The normalized spacial score (nSPS) is 50.9. The van der Waals surface area contributed by atoms with Crippen LogP contribution in [0.5, 0.6) is 0 Å². The van der Waals surface area contributed by atoms with Gasteiger partial charge in [-0.2, -0.15) is 0 Å². The molecule has 2 saturated heterocycles. The van der Waals surface area contributed by atoms with E-state index in [2.05, 4.69) is 13.8 Å². The number of ether oxygens (including phenoxy) is 1. The number of fused-ring (bicyclic) bond motifs is 2. The van der Waals surface area contributed by atoms with Crippen molar-refractivity contribution in [1.29, 1.82) is 0 Å². The van der Waals surface area contributed by atoms with Gasteiger partial charge in [0.1, 0.15) is 0 Å². The summed E-state index contributed by atoms with van der Waals surface area (Å²) in [4.78, 5) is 0. The zero-order chi connectivity index (χ0) is 14.8. The largest absolute Gasteiger partial charge is 0.389 e. The molecule has 2 bridgehead atoms. The summed E-state index contributed by atoms with van der Waals surface area (Å²) < 4.78 is 6.36. The van der Waals surface area contributed by atoms with Gasteiger partial charge in [-0.1, -0.05) is 39.5 Å².